The summed E-state index contributed by atoms with van der Waals surface area (Å²) in [5.41, 5.74) is 4.58. The molecule has 0 saturated heterocycles. The van der Waals surface area contributed by atoms with E-state index in [1.165, 1.54) is 0 Å². The maximum atomic E-state index is 12.9. The number of aromatic nitrogens is 4. The van der Waals surface area contributed by atoms with E-state index < -0.39 is 0 Å². The second-order valence-electron chi connectivity index (χ2n) is 6.78. The molecule has 1 aromatic carbocycles. The van der Waals surface area contributed by atoms with E-state index in [2.05, 4.69) is 42.1 Å². The average molecular weight is 509 g/mol. The van der Waals surface area contributed by atoms with Crippen LogP contribution in [0.2, 0.25) is 0 Å². The zero-order chi connectivity index (χ0) is 20.4. The van der Waals surface area contributed by atoms with Crippen LogP contribution in [-0.4, -0.2) is 37.4 Å². The molecule has 0 aliphatic heterocycles. The van der Waals surface area contributed by atoms with Crippen LogP contribution >= 0.6 is 31.9 Å². The first kappa shape index (κ1) is 20.8. The highest BCUT2D eigenvalue weighted by atomic mass is 79.9. The molecule has 0 atom stereocenters. The third-order valence-corrected chi connectivity index (χ3v) is 6.45. The lowest BCUT2D eigenvalue weighted by Gasteiger charge is -2.17. The maximum absolute atomic E-state index is 12.9. The van der Waals surface area contributed by atoms with E-state index in [0.717, 1.165) is 38.1 Å². The van der Waals surface area contributed by atoms with E-state index in [4.69, 9.17) is 0 Å². The molecule has 0 spiro atoms. The van der Waals surface area contributed by atoms with Gasteiger partial charge in [0.15, 0.2) is 0 Å². The monoisotopic (exact) mass is 507 g/mol. The average Bonchev–Trinajstić information content (AvgIpc) is 3.15. The van der Waals surface area contributed by atoms with Crippen LogP contribution in [0.3, 0.4) is 0 Å². The minimum atomic E-state index is -0.0330. The van der Waals surface area contributed by atoms with Crippen molar-refractivity contribution in [1.29, 1.82) is 0 Å². The van der Waals surface area contributed by atoms with Crippen molar-refractivity contribution in [2.24, 2.45) is 0 Å². The number of carbonyl (C=O) groups excluding carboxylic acids is 1. The molecule has 2 heterocycles. The fraction of sp³-hybridized carbons (Fsp3) is 0.350. The highest BCUT2D eigenvalue weighted by Crippen LogP contribution is 2.21. The van der Waals surface area contributed by atoms with Crippen LogP contribution in [0.4, 0.5) is 0 Å². The minimum Gasteiger partial charge on any atom is -0.336 e. The van der Waals surface area contributed by atoms with E-state index >= 15 is 0 Å². The summed E-state index contributed by atoms with van der Waals surface area (Å²) in [6.07, 6.45) is 1.93. The highest BCUT2D eigenvalue weighted by Gasteiger charge is 2.16. The van der Waals surface area contributed by atoms with Crippen molar-refractivity contribution in [3.05, 3.63) is 67.6 Å². The smallest absolute Gasteiger partial charge is 0.253 e. The van der Waals surface area contributed by atoms with Crippen LogP contribution in [0.25, 0.3) is 0 Å². The lowest BCUT2D eigenvalue weighted by molar-refractivity contribution is 0.0782. The molecular formula is C20H23Br2N5O. The summed E-state index contributed by atoms with van der Waals surface area (Å²) in [5, 5.41) is 9.05. The first-order valence-electron chi connectivity index (χ1n) is 9.05. The van der Waals surface area contributed by atoms with E-state index in [1.54, 1.807) is 11.9 Å². The highest BCUT2D eigenvalue weighted by molar-refractivity contribution is 9.10. The van der Waals surface area contributed by atoms with Crippen molar-refractivity contribution in [3.8, 4) is 0 Å². The normalized spacial score (nSPS) is 11.1. The van der Waals surface area contributed by atoms with Crippen molar-refractivity contribution < 1.29 is 4.79 Å². The van der Waals surface area contributed by atoms with Crippen LogP contribution < -0.4 is 0 Å². The molecule has 148 valence electrons. The predicted octanol–water partition coefficient (Wildman–Crippen LogP) is 4.56. The number of carbonyl (C=O) groups is 1. The Morgan fingerprint density at radius 3 is 2.57 bits per heavy atom. The van der Waals surface area contributed by atoms with Crippen molar-refractivity contribution in [2.75, 3.05) is 7.05 Å². The molecule has 3 rings (SSSR count). The van der Waals surface area contributed by atoms with Gasteiger partial charge in [0.1, 0.15) is 0 Å². The number of halogens is 2. The van der Waals surface area contributed by atoms with Gasteiger partial charge in [0, 0.05) is 25.4 Å². The molecule has 28 heavy (non-hydrogen) atoms. The van der Waals surface area contributed by atoms with Crippen molar-refractivity contribution in [2.45, 2.75) is 40.4 Å². The second kappa shape index (κ2) is 8.61. The van der Waals surface area contributed by atoms with Gasteiger partial charge in [-0.2, -0.15) is 10.2 Å². The number of benzene rings is 1. The van der Waals surface area contributed by atoms with Gasteiger partial charge >= 0.3 is 0 Å². The van der Waals surface area contributed by atoms with Gasteiger partial charge in [-0.25, -0.2) is 0 Å². The van der Waals surface area contributed by atoms with Gasteiger partial charge in [0.05, 0.1) is 39.1 Å². The molecule has 0 aliphatic rings. The number of hydrogen-bond acceptors (Lipinski definition) is 3. The number of amides is 1. The standard InChI is InChI=1S/C20H23Br2N5O/c1-5-26-11-17(21)18(24-26)12-25(4)20(28)16-8-6-7-15(9-16)10-27-14(3)19(22)13(2)23-27/h6-9,11H,5,10,12H2,1-4H3. The Labute approximate surface area is 181 Å². The summed E-state index contributed by atoms with van der Waals surface area (Å²) in [6.45, 7) is 7.89. The summed E-state index contributed by atoms with van der Waals surface area (Å²) < 4.78 is 5.74. The molecule has 0 bridgehead atoms. The molecule has 1 amide bonds. The lowest BCUT2D eigenvalue weighted by atomic mass is 10.1. The molecular weight excluding hydrogens is 486 g/mol. The number of nitrogens with zero attached hydrogens (tertiary/aromatic N) is 5. The first-order valence-corrected chi connectivity index (χ1v) is 10.6. The number of rotatable bonds is 6. The quantitative estimate of drug-likeness (QED) is 0.490. The van der Waals surface area contributed by atoms with Gasteiger partial charge in [0.25, 0.3) is 5.91 Å². The van der Waals surface area contributed by atoms with Gasteiger partial charge in [0.2, 0.25) is 0 Å². The summed E-state index contributed by atoms with van der Waals surface area (Å²) in [7, 11) is 1.80. The largest absolute Gasteiger partial charge is 0.336 e. The van der Waals surface area contributed by atoms with Gasteiger partial charge in [-0.3, -0.25) is 14.2 Å². The minimum absolute atomic E-state index is 0.0330. The summed E-state index contributed by atoms with van der Waals surface area (Å²) in [6, 6.07) is 7.71. The van der Waals surface area contributed by atoms with Gasteiger partial charge < -0.3 is 4.90 Å². The molecule has 3 aromatic rings. The maximum Gasteiger partial charge on any atom is 0.253 e. The van der Waals surface area contributed by atoms with E-state index in [0.29, 0.717) is 18.7 Å². The second-order valence-corrected chi connectivity index (χ2v) is 8.43. The summed E-state index contributed by atoms with van der Waals surface area (Å²) in [4.78, 5) is 14.6. The Kier molecular flexibility index (Phi) is 6.40. The zero-order valence-electron chi connectivity index (χ0n) is 16.4. The lowest BCUT2D eigenvalue weighted by Crippen LogP contribution is -2.26. The van der Waals surface area contributed by atoms with Gasteiger partial charge in [-0.1, -0.05) is 12.1 Å². The van der Waals surface area contributed by atoms with Gasteiger partial charge in [-0.05, 0) is 70.3 Å². The Balaban J connectivity index is 1.75. The molecule has 0 radical (unpaired) electrons. The summed E-state index contributed by atoms with van der Waals surface area (Å²) in [5.74, 6) is -0.0330. The Bertz CT molecular complexity index is 1010. The van der Waals surface area contributed by atoms with Gasteiger partial charge in [-0.15, -0.1) is 0 Å². The number of hydrogen-bond donors (Lipinski definition) is 0. The van der Waals surface area contributed by atoms with Crippen LogP contribution in [0.5, 0.6) is 0 Å². The molecule has 2 aromatic heterocycles. The Morgan fingerprint density at radius 2 is 1.96 bits per heavy atom. The van der Waals surface area contributed by atoms with E-state index in [-0.39, 0.29) is 5.91 Å². The van der Waals surface area contributed by atoms with E-state index in [9.17, 15) is 4.79 Å². The molecule has 0 unspecified atom stereocenters. The summed E-state index contributed by atoms with van der Waals surface area (Å²) >= 11 is 7.08. The van der Waals surface area contributed by atoms with Crippen LogP contribution in [0.1, 0.15) is 39.9 Å². The Hall–Kier alpha value is -1.93. The van der Waals surface area contributed by atoms with E-state index in [1.807, 2.05) is 60.6 Å². The Morgan fingerprint density at radius 1 is 1.21 bits per heavy atom. The molecule has 6 nitrogen and oxygen atoms in total. The third kappa shape index (κ3) is 4.38. The van der Waals surface area contributed by atoms with Crippen molar-refractivity contribution in [3.63, 3.8) is 0 Å². The van der Waals surface area contributed by atoms with Crippen molar-refractivity contribution >= 4 is 37.8 Å². The third-order valence-electron chi connectivity index (χ3n) is 4.64. The van der Waals surface area contributed by atoms with Crippen LogP contribution in [-0.2, 0) is 19.6 Å². The molecule has 0 aliphatic carbocycles. The topological polar surface area (TPSA) is 56.0 Å². The first-order chi connectivity index (χ1) is 13.3. The molecule has 0 N–H and O–H groups in total. The molecule has 0 fully saturated rings. The zero-order valence-corrected chi connectivity index (χ0v) is 19.6. The molecule has 8 heteroatoms. The van der Waals surface area contributed by atoms with Crippen LogP contribution in [0, 0.1) is 13.8 Å². The van der Waals surface area contributed by atoms with Crippen molar-refractivity contribution in [1.82, 2.24) is 24.5 Å². The SMILES string of the molecule is CCn1cc(Br)c(CN(C)C(=O)c2cccc(Cn3nc(C)c(Br)c3C)c2)n1. The van der Waals surface area contributed by atoms with Crippen LogP contribution in [0.15, 0.2) is 39.4 Å². The fourth-order valence-corrected chi connectivity index (χ4v) is 3.75. The predicted molar refractivity (Wildman–Crippen MR) is 116 cm³/mol. The fourth-order valence-electron chi connectivity index (χ4n) is 3.03. The number of aryl methyl sites for hydroxylation is 2. The molecule has 0 saturated carbocycles.